The van der Waals surface area contributed by atoms with Gasteiger partial charge in [-0.1, -0.05) is 96.5 Å². The predicted octanol–water partition coefficient (Wildman–Crippen LogP) is 7.45. The molecule has 0 amide bonds. The molecule has 0 fully saturated rings. The largest absolute Gasteiger partial charge is 0.493 e. The number of hydrogen-bond donors (Lipinski definition) is 0. The summed E-state index contributed by atoms with van der Waals surface area (Å²) in [5.74, 6) is 0.592. The highest BCUT2D eigenvalue weighted by Crippen LogP contribution is 2.19. The quantitative estimate of drug-likeness (QED) is 0.164. The van der Waals surface area contributed by atoms with Gasteiger partial charge in [-0.2, -0.15) is 0 Å². The van der Waals surface area contributed by atoms with Crippen molar-refractivity contribution in [3.63, 3.8) is 0 Å². The zero-order valence-electron chi connectivity index (χ0n) is 16.6. The van der Waals surface area contributed by atoms with Crippen molar-refractivity contribution < 1.29 is 9.66 Å². The smallest absolute Gasteiger partial charge is 0.273 e. The summed E-state index contributed by atoms with van der Waals surface area (Å²) < 4.78 is 5.60. The first kappa shape index (κ1) is 22.5. The van der Waals surface area contributed by atoms with Crippen LogP contribution in [0.5, 0.6) is 5.75 Å². The average Bonchev–Trinajstić information content (AvgIpc) is 2.65. The normalized spacial score (nSPS) is 10.8. The van der Waals surface area contributed by atoms with E-state index in [2.05, 4.69) is 6.92 Å². The Morgan fingerprint density at radius 1 is 0.808 bits per heavy atom. The second-order valence-electron chi connectivity index (χ2n) is 7.20. The van der Waals surface area contributed by atoms with Gasteiger partial charge in [0.1, 0.15) is 5.75 Å². The van der Waals surface area contributed by atoms with E-state index in [-0.39, 0.29) is 10.6 Å². The van der Waals surface area contributed by atoms with Gasteiger partial charge in [-0.3, -0.25) is 10.1 Å². The van der Waals surface area contributed by atoms with Gasteiger partial charge in [0.15, 0.2) is 0 Å². The molecule has 1 rings (SSSR count). The van der Waals surface area contributed by atoms with Gasteiger partial charge in [-0.25, -0.2) is 0 Å². The molecule has 0 unspecified atom stereocenters. The van der Waals surface area contributed by atoms with Crippen LogP contribution in [0.1, 0.15) is 96.8 Å². The molecule has 0 N–H and O–H groups in total. The molecule has 1 aromatic rings. The van der Waals surface area contributed by atoms with Crippen LogP contribution in [0.2, 0.25) is 0 Å². The highest BCUT2D eigenvalue weighted by atomic mass is 16.6. The topological polar surface area (TPSA) is 52.4 Å². The third-order valence-electron chi connectivity index (χ3n) is 4.80. The summed E-state index contributed by atoms with van der Waals surface area (Å²) in [6, 6.07) is 6.42. The Bertz CT molecular complexity index is 476. The van der Waals surface area contributed by atoms with Crippen molar-refractivity contribution in [2.45, 2.75) is 96.8 Å². The number of non-ortho nitro benzene ring substituents is 1. The lowest BCUT2D eigenvalue weighted by Crippen LogP contribution is -1.98. The second kappa shape index (κ2) is 15.7. The lowest BCUT2D eigenvalue weighted by molar-refractivity contribution is -0.384. The first-order valence-electron chi connectivity index (χ1n) is 10.6. The molecule has 26 heavy (non-hydrogen) atoms. The fourth-order valence-corrected chi connectivity index (χ4v) is 3.17. The highest BCUT2D eigenvalue weighted by molar-refractivity contribution is 5.37. The maximum absolute atomic E-state index is 10.7. The Labute approximate surface area is 159 Å². The standard InChI is InChI=1S/C22H37NO3/c1-2-3-4-5-6-7-8-9-10-11-12-13-14-15-19-26-22-18-16-17-21(20-22)23(24)25/h16-18,20H,2-15,19H2,1H3. The lowest BCUT2D eigenvalue weighted by atomic mass is 10.0. The molecule has 4 nitrogen and oxygen atoms in total. The fourth-order valence-electron chi connectivity index (χ4n) is 3.17. The fraction of sp³-hybridized carbons (Fsp3) is 0.727. The van der Waals surface area contributed by atoms with Crippen LogP contribution in [0, 0.1) is 10.1 Å². The van der Waals surface area contributed by atoms with Crippen molar-refractivity contribution in [3.8, 4) is 5.75 Å². The molecule has 0 spiro atoms. The molecule has 0 heterocycles. The Balaban J connectivity index is 1.85. The number of nitrogens with zero attached hydrogens (tertiary/aromatic N) is 1. The van der Waals surface area contributed by atoms with E-state index in [0.29, 0.717) is 12.4 Å². The minimum atomic E-state index is -0.390. The van der Waals surface area contributed by atoms with Gasteiger partial charge in [0, 0.05) is 6.07 Å². The minimum Gasteiger partial charge on any atom is -0.493 e. The first-order valence-corrected chi connectivity index (χ1v) is 10.6. The number of nitro groups is 1. The maximum Gasteiger partial charge on any atom is 0.273 e. The summed E-state index contributed by atoms with van der Waals surface area (Å²) in [5, 5.41) is 10.7. The van der Waals surface area contributed by atoms with Crippen molar-refractivity contribution in [1.29, 1.82) is 0 Å². The minimum absolute atomic E-state index is 0.0865. The SMILES string of the molecule is CCCCCCCCCCCCCCCCOc1cccc([N+](=O)[O-])c1. The Kier molecular flexibility index (Phi) is 13.5. The highest BCUT2D eigenvalue weighted by Gasteiger charge is 2.05. The van der Waals surface area contributed by atoms with Crippen LogP contribution >= 0.6 is 0 Å². The molecule has 148 valence electrons. The molecule has 1 aromatic carbocycles. The maximum atomic E-state index is 10.7. The van der Waals surface area contributed by atoms with E-state index in [1.807, 2.05) is 0 Å². The number of hydrogen-bond acceptors (Lipinski definition) is 3. The lowest BCUT2D eigenvalue weighted by Gasteiger charge is -2.06. The summed E-state index contributed by atoms with van der Waals surface area (Å²) in [5.41, 5.74) is 0.0865. The van der Waals surface area contributed by atoms with E-state index < -0.39 is 0 Å². The van der Waals surface area contributed by atoms with E-state index in [1.54, 1.807) is 12.1 Å². The summed E-state index contributed by atoms with van der Waals surface area (Å²) in [7, 11) is 0. The molecule has 0 aliphatic heterocycles. The van der Waals surface area contributed by atoms with Gasteiger partial charge in [-0.15, -0.1) is 0 Å². The molecule has 0 saturated heterocycles. The third kappa shape index (κ3) is 11.9. The molecule has 0 aromatic heterocycles. The van der Waals surface area contributed by atoms with Gasteiger partial charge in [0.25, 0.3) is 5.69 Å². The first-order chi connectivity index (χ1) is 12.7. The van der Waals surface area contributed by atoms with Crippen molar-refractivity contribution in [1.82, 2.24) is 0 Å². The molecule has 4 heteroatoms. The zero-order valence-corrected chi connectivity index (χ0v) is 16.6. The van der Waals surface area contributed by atoms with Crippen LogP contribution in [0.4, 0.5) is 5.69 Å². The van der Waals surface area contributed by atoms with Crippen LogP contribution in [0.25, 0.3) is 0 Å². The van der Waals surface area contributed by atoms with Crippen LogP contribution in [0.3, 0.4) is 0 Å². The molecule has 0 saturated carbocycles. The van der Waals surface area contributed by atoms with Crippen LogP contribution in [-0.2, 0) is 0 Å². The molecule has 0 bridgehead atoms. The van der Waals surface area contributed by atoms with E-state index in [0.717, 1.165) is 6.42 Å². The number of ether oxygens (including phenoxy) is 1. The van der Waals surface area contributed by atoms with Gasteiger partial charge < -0.3 is 4.74 Å². The van der Waals surface area contributed by atoms with Crippen LogP contribution in [0.15, 0.2) is 24.3 Å². The van der Waals surface area contributed by atoms with Crippen molar-refractivity contribution in [2.24, 2.45) is 0 Å². The Morgan fingerprint density at radius 2 is 1.31 bits per heavy atom. The number of rotatable bonds is 17. The average molecular weight is 364 g/mol. The molecule has 0 radical (unpaired) electrons. The van der Waals surface area contributed by atoms with Gasteiger partial charge >= 0.3 is 0 Å². The van der Waals surface area contributed by atoms with Crippen molar-refractivity contribution >= 4 is 5.69 Å². The molecule has 0 aliphatic carbocycles. The van der Waals surface area contributed by atoms with Gasteiger partial charge in [-0.05, 0) is 12.5 Å². The van der Waals surface area contributed by atoms with Gasteiger partial charge in [0.2, 0.25) is 0 Å². The summed E-state index contributed by atoms with van der Waals surface area (Å²) in [6.45, 7) is 2.91. The predicted molar refractivity (Wildman–Crippen MR) is 109 cm³/mol. The Morgan fingerprint density at radius 3 is 1.81 bits per heavy atom. The van der Waals surface area contributed by atoms with Crippen LogP contribution < -0.4 is 4.74 Å². The molecule has 0 atom stereocenters. The van der Waals surface area contributed by atoms with E-state index in [9.17, 15) is 10.1 Å². The third-order valence-corrected chi connectivity index (χ3v) is 4.80. The summed E-state index contributed by atoms with van der Waals surface area (Å²) in [6.07, 6.45) is 18.7. The Hall–Kier alpha value is -1.58. The van der Waals surface area contributed by atoms with Crippen molar-refractivity contribution in [3.05, 3.63) is 34.4 Å². The molecular weight excluding hydrogens is 326 g/mol. The molecule has 0 aliphatic rings. The zero-order chi connectivity index (χ0) is 18.9. The number of benzene rings is 1. The monoisotopic (exact) mass is 363 g/mol. The number of nitro benzene ring substituents is 1. The molecular formula is C22H37NO3. The summed E-state index contributed by atoms with van der Waals surface area (Å²) >= 11 is 0. The van der Waals surface area contributed by atoms with Gasteiger partial charge in [0.05, 0.1) is 17.6 Å². The van der Waals surface area contributed by atoms with E-state index >= 15 is 0 Å². The van der Waals surface area contributed by atoms with Crippen molar-refractivity contribution in [2.75, 3.05) is 6.61 Å². The van der Waals surface area contributed by atoms with Crippen LogP contribution in [-0.4, -0.2) is 11.5 Å². The summed E-state index contributed by atoms with van der Waals surface area (Å²) in [4.78, 5) is 10.3. The van der Waals surface area contributed by atoms with E-state index in [4.69, 9.17) is 4.74 Å². The van der Waals surface area contributed by atoms with E-state index in [1.165, 1.54) is 95.6 Å². The number of unbranched alkanes of at least 4 members (excludes halogenated alkanes) is 13. The second-order valence-corrected chi connectivity index (χ2v) is 7.20.